The average molecular weight is 362 g/mol. The molecule has 0 saturated carbocycles. The Bertz CT molecular complexity index is 865. The van der Waals surface area contributed by atoms with Gasteiger partial charge in [-0.2, -0.15) is 0 Å². The van der Waals surface area contributed by atoms with Gasteiger partial charge in [0.2, 0.25) is 11.8 Å². The number of benzene rings is 2. The second kappa shape index (κ2) is 6.82. The van der Waals surface area contributed by atoms with E-state index < -0.39 is 41.1 Å². The molecule has 1 aliphatic rings. The Kier molecular flexibility index (Phi) is 4.71. The Labute approximate surface area is 148 Å². The van der Waals surface area contributed by atoms with Crippen LogP contribution in [0.1, 0.15) is 17.0 Å². The van der Waals surface area contributed by atoms with Crippen LogP contribution in [0.2, 0.25) is 0 Å². The van der Waals surface area contributed by atoms with Gasteiger partial charge in [-0.15, -0.1) is 0 Å². The van der Waals surface area contributed by atoms with Crippen LogP contribution in [-0.4, -0.2) is 30.3 Å². The van der Waals surface area contributed by atoms with Crippen molar-refractivity contribution in [2.45, 2.75) is 12.8 Å². The molecule has 1 heterocycles. The Morgan fingerprint density at radius 1 is 1.15 bits per heavy atom. The minimum atomic E-state index is -1.15. The van der Waals surface area contributed by atoms with Crippen LogP contribution in [0, 0.1) is 30.3 Å². The topological polar surface area (TPSA) is 49.4 Å². The molecule has 0 spiro atoms. The Hall–Kier alpha value is -2.83. The Morgan fingerprint density at radius 2 is 1.81 bits per heavy atom. The number of likely N-dealkylation sites (tertiary alicyclic amines) is 1. The predicted molar refractivity (Wildman–Crippen MR) is 90.0 cm³/mol. The minimum absolute atomic E-state index is 0.155. The SMILES string of the molecule is Cc1c(F)cccc1NC(=O)C1C(=O)N(C)CC1c1cc(F)cc(F)c1. The van der Waals surface area contributed by atoms with Crippen LogP contribution in [-0.2, 0) is 9.59 Å². The standard InChI is InChI=1S/C19H17F3N2O2/c1-10-15(22)4-3-5-16(10)23-18(25)17-14(9-24(2)19(17)26)11-6-12(20)8-13(21)7-11/h3-8,14,17H,9H2,1-2H3,(H,23,25). The number of anilines is 1. The highest BCUT2D eigenvalue weighted by molar-refractivity contribution is 6.08. The van der Waals surface area contributed by atoms with Crippen molar-refractivity contribution in [2.24, 2.45) is 5.92 Å². The zero-order chi connectivity index (χ0) is 19.0. The lowest BCUT2D eigenvalue weighted by Gasteiger charge is -2.18. The van der Waals surface area contributed by atoms with Gasteiger partial charge in [-0.25, -0.2) is 13.2 Å². The highest BCUT2D eigenvalue weighted by Gasteiger charge is 2.44. The molecule has 1 N–H and O–H groups in total. The van der Waals surface area contributed by atoms with Crippen LogP contribution in [0.25, 0.3) is 0 Å². The fourth-order valence-corrected chi connectivity index (χ4v) is 3.24. The zero-order valence-corrected chi connectivity index (χ0v) is 14.2. The molecule has 0 aliphatic carbocycles. The van der Waals surface area contributed by atoms with Gasteiger partial charge in [-0.3, -0.25) is 9.59 Å². The van der Waals surface area contributed by atoms with Gasteiger partial charge in [0.15, 0.2) is 0 Å². The Morgan fingerprint density at radius 3 is 2.46 bits per heavy atom. The third-order valence-corrected chi connectivity index (χ3v) is 4.64. The summed E-state index contributed by atoms with van der Waals surface area (Å²) < 4.78 is 40.8. The van der Waals surface area contributed by atoms with Gasteiger partial charge in [-0.1, -0.05) is 6.07 Å². The number of amides is 2. The van der Waals surface area contributed by atoms with E-state index in [1.54, 1.807) is 0 Å². The highest BCUT2D eigenvalue weighted by Crippen LogP contribution is 2.35. The smallest absolute Gasteiger partial charge is 0.237 e. The van der Waals surface area contributed by atoms with Crippen molar-refractivity contribution < 1.29 is 22.8 Å². The molecule has 2 unspecified atom stereocenters. The largest absolute Gasteiger partial charge is 0.344 e. The molecule has 4 nitrogen and oxygen atoms in total. The molecule has 2 amide bonds. The van der Waals surface area contributed by atoms with E-state index in [9.17, 15) is 22.8 Å². The molecule has 1 aliphatic heterocycles. The van der Waals surface area contributed by atoms with Crippen molar-refractivity contribution in [1.82, 2.24) is 4.90 Å². The number of halogens is 3. The maximum atomic E-state index is 13.7. The van der Waals surface area contributed by atoms with E-state index in [2.05, 4.69) is 5.32 Å². The number of nitrogens with one attached hydrogen (secondary N) is 1. The van der Waals surface area contributed by atoms with Gasteiger partial charge in [0, 0.05) is 36.8 Å². The molecule has 7 heteroatoms. The second-order valence-electron chi connectivity index (χ2n) is 6.41. The van der Waals surface area contributed by atoms with Crippen LogP contribution in [0.3, 0.4) is 0 Å². The highest BCUT2D eigenvalue weighted by atomic mass is 19.1. The van der Waals surface area contributed by atoms with E-state index in [0.29, 0.717) is 0 Å². The van der Waals surface area contributed by atoms with E-state index in [4.69, 9.17) is 0 Å². The molecule has 26 heavy (non-hydrogen) atoms. The van der Waals surface area contributed by atoms with Gasteiger partial charge in [0.05, 0.1) is 0 Å². The number of hydrogen-bond donors (Lipinski definition) is 1. The van der Waals surface area contributed by atoms with Crippen LogP contribution in [0.15, 0.2) is 36.4 Å². The first-order chi connectivity index (χ1) is 12.3. The molecule has 2 aromatic carbocycles. The quantitative estimate of drug-likeness (QED) is 0.853. The number of likely N-dealkylation sites (N-methyl/N-ethyl adjacent to an activating group) is 1. The first-order valence-electron chi connectivity index (χ1n) is 8.05. The summed E-state index contributed by atoms with van der Waals surface area (Å²) in [6.07, 6.45) is 0. The molecule has 0 bridgehead atoms. The van der Waals surface area contributed by atoms with E-state index in [1.807, 2.05) is 0 Å². The number of hydrogen-bond acceptors (Lipinski definition) is 2. The van der Waals surface area contributed by atoms with Crippen LogP contribution in [0.4, 0.5) is 18.9 Å². The molecular formula is C19H17F3N2O2. The Balaban J connectivity index is 1.93. The number of carbonyl (C=O) groups excluding carboxylic acids is 2. The summed E-state index contributed by atoms with van der Waals surface area (Å²) in [6, 6.07) is 7.20. The molecule has 0 radical (unpaired) electrons. The predicted octanol–water partition coefficient (Wildman–Crippen LogP) is 3.22. The minimum Gasteiger partial charge on any atom is -0.344 e. The zero-order valence-electron chi connectivity index (χ0n) is 14.2. The fourth-order valence-electron chi connectivity index (χ4n) is 3.24. The lowest BCUT2D eigenvalue weighted by molar-refractivity contribution is -0.135. The summed E-state index contributed by atoms with van der Waals surface area (Å²) >= 11 is 0. The summed E-state index contributed by atoms with van der Waals surface area (Å²) in [7, 11) is 1.52. The number of carbonyl (C=O) groups is 2. The first-order valence-corrected chi connectivity index (χ1v) is 8.05. The van der Waals surface area contributed by atoms with Gasteiger partial charge in [0.1, 0.15) is 23.4 Å². The van der Waals surface area contributed by atoms with Crippen molar-refractivity contribution in [3.63, 3.8) is 0 Å². The van der Waals surface area contributed by atoms with Gasteiger partial charge >= 0.3 is 0 Å². The lowest BCUT2D eigenvalue weighted by atomic mass is 9.87. The summed E-state index contributed by atoms with van der Waals surface area (Å²) in [5.41, 5.74) is 0.728. The maximum absolute atomic E-state index is 13.7. The fraction of sp³-hybridized carbons (Fsp3) is 0.263. The van der Waals surface area contributed by atoms with Crippen molar-refractivity contribution in [3.8, 4) is 0 Å². The van der Waals surface area contributed by atoms with Crippen LogP contribution >= 0.6 is 0 Å². The molecule has 1 saturated heterocycles. The van der Waals surface area contributed by atoms with E-state index in [1.165, 1.54) is 37.1 Å². The van der Waals surface area contributed by atoms with Crippen molar-refractivity contribution in [1.29, 1.82) is 0 Å². The van der Waals surface area contributed by atoms with Crippen LogP contribution in [0.5, 0.6) is 0 Å². The summed E-state index contributed by atoms with van der Waals surface area (Å²) in [5, 5.41) is 2.56. The second-order valence-corrected chi connectivity index (χ2v) is 6.41. The number of rotatable bonds is 3. The van der Waals surface area contributed by atoms with E-state index in [-0.39, 0.29) is 23.4 Å². The van der Waals surface area contributed by atoms with E-state index in [0.717, 1.165) is 18.2 Å². The molecule has 136 valence electrons. The molecular weight excluding hydrogens is 345 g/mol. The normalized spacial score (nSPS) is 19.7. The van der Waals surface area contributed by atoms with E-state index >= 15 is 0 Å². The van der Waals surface area contributed by atoms with Gasteiger partial charge in [-0.05, 0) is 36.8 Å². The van der Waals surface area contributed by atoms with Crippen molar-refractivity contribution >= 4 is 17.5 Å². The molecule has 2 aromatic rings. The monoisotopic (exact) mass is 362 g/mol. The van der Waals surface area contributed by atoms with Crippen molar-refractivity contribution in [3.05, 3.63) is 65.0 Å². The summed E-state index contributed by atoms with van der Waals surface area (Å²) in [6.45, 7) is 1.66. The van der Waals surface area contributed by atoms with Crippen LogP contribution < -0.4 is 5.32 Å². The molecule has 0 aromatic heterocycles. The third kappa shape index (κ3) is 3.29. The lowest BCUT2D eigenvalue weighted by Crippen LogP contribution is -2.33. The van der Waals surface area contributed by atoms with Gasteiger partial charge in [0.25, 0.3) is 0 Å². The summed E-state index contributed by atoms with van der Waals surface area (Å²) in [5.74, 6) is -4.98. The average Bonchev–Trinajstić information content (AvgIpc) is 2.86. The van der Waals surface area contributed by atoms with Gasteiger partial charge < -0.3 is 10.2 Å². The summed E-state index contributed by atoms with van der Waals surface area (Å²) in [4.78, 5) is 26.5. The molecule has 1 fully saturated rings. The molecule has 3 rings (SSSR count). The third-order valence-electron chi connectivity index (χ3n) is 4.64. The first kappa shape index (κ1) is 18.0. The number of nitrogens with zero attached hydrogens (tertiary/aromatic N) is 1. The maximum Gasteiger partial charge on any atom is 0.237 e. The molecule has 2 atom stereocenters. The van der Waals surface area contributed by atoms with Crippen molar-refractivity contribution in [2.75, 3.05) is 18.9 Å².